The second kappa shape index (κ2) is 10.7. The lowest BCUT2D eigenvalue weighted by Crippen LogP contribution is -2.60. The van der Waals surface area contributed by atoms with E-state index in [0.29, 0.717) is 39.3 Å². The lowest BCUT2D eigenvalue weighted by atomic mass is 10.1. The van der Waals surface area contributed by atoms with Crippen LogP contribution in [0.15, 0.2) is 48.8 Å². The molecule has 1 aromatic heterocycles. The number of methoxy groups -OCH3 is 1. The van der Waals surface area contributed by atoms with E-state index in [1.54, 1.807) is 24.4 Å². The van der Waals surface area contributed by atoms with Crippen molar-refractivity contribution in [3.63, 3.8) is 0 Å². The number of benzene rings is 1. The van der Waals surface area contributed by atoms with Crippen molar-refractivity contribution in [2.24, 2.45) is 5.73 Å². The number of carbonyl (C=O) groups excluding carboxylic acids is 2. The number of hydrogen-bond donors (Lipinski definition) is 2. The van der Waals surface area contributed by atoms with Crippen LogP contribution in [-0.2, 0) is 22.6 Å². The molecule has 0 spiro atoms. The number of nitrogens with one attached hydrogen (secondary N) is 1. The molecule has 1 aliphatic heterocycles. The monoisotopic (exact) mass is 411 g/mol. The molecule has 160 valence electrons. The van der Waals surface area contributed by atoms with Gasteiger partial charge in [-0.25, -0.2) is 0 Å². The lowest BCUT2D eigenvalue weighted by molar-refractivity contribution is -0.143. The fourth-order valence-electron chi connectivity index (χ4n) is 3.59. The van der Waals surface area contributed by atoms with Crippen molar-refractivity contribution in [1.82, 2.24) is 20.1 Å². The molecule has 0 radical (unpaired) electrons. The van der Waals surface area contributed by atoms with E-state index in [4.69, 9.17) is 10.5 Å². The van der Waals surface area contributed by atoms with Gasteiger partial charge in [0.2, 0.25) is 11.8 Å². The fourth-order valence-corrected chi connectivity index (χ4v) is 3.59. The van der Waals surface area contributed by atoms with E-state index in [-0.39, 0.29) is 18.2 Å². The van der Waals surface area contributed by atoms with Crippen molar-refractivity contribution < 1.29 is 14.3 Å². The first-order valence-electron chi connectivity index (χ1n) is 10.1. The largest absolute Gasteiger partial charge is 0.497 e. The normalized spacial score (nSPS) is 16.9. The average molecular weight is 412 g/mol. The van der Waals surface area contributed by atoms with Crippen molar-refractivity contribution in [1.29, 1.82) is 0 Å². The van der Waals surface area contributed by atoms with Gasteiger partial charge in [-0.05, 0) is 35.4 Å². The molecule has 0 aliphatic carbocycles. The highest BCUT2D eigenvalue weighted by Crippen LogP contribution is 2.17. The Kier molecular flexibility index (Phi) is 7.75. The minimum Gasteiger partial charge on any atom is -0.497 e. The number of rotatable bonds is 8. The third-order valence-corrected chi connectivity index (χ3v) is 5.20. The molecular formula is C22H29N5O3. The minimum absolute atomic E-state index is 0.0587. The van der Waals surface area contributed by atoms with Gasteiger partial charge in [0.05, 0.1) is 13.5 Å². The van der Waals surface area contributed by atoms with E-state index in [9.17, 15) is 9.59 Å². The average Bonchev–Trinajstić information content (AvgIpc) is 2.78. The van der Waals surface area contributed by atoms with Crippen LogP contribution in [0.5, 0.6) is 5.75 Å². The molecule has 2 amide bonds. The summed E-state index contributed by atoms with van der Waals surface area (Å²) in [5.41, 5.74) is 7.55. The first-order chi connectivity index (χ1) is 14.6. The van der Waals surface area contributed by atoms with Crippen LogP contribution in [0.25, 0.3) is 0 Å². The van der Waals surface area contributed by atoms with Gasteiger partial charge in [0.1, 0.15) is 11.8 Å². The van der Waals surface area contributed by atoms with Gasteiger partial charge in [0.15, 0.2) is 0 Å². The molecule has 2 aromatic rings. The molecule has 3 rings (SSSR count). The number of pyridine rings is 1. The summed E-state index contributed by atoms with van der Waals surface area (Å²) >= 11 is 0. The van der Waals surface area contributed by atoms with Crippen LogP contribution in [0, 0.1) is 0 Å². The molecule has 1 aliphatic rings. The third-order valence-electron chi connectivity index (χ3n) is 5.20. The molecule has 1 fully saturated rings. The van der Waals surface area contributed by atoms with Crippen LogP contribution in [0.4, 0.5) is 0 Å². The Morgan fingerprint density at radius 1 is 1.13 bits per heavy atom. The SMILES string of the molecule is COc1ccc(CC(=O)N2CCN(Cc3ccncc3)CC2C(=O)NCCN)cc1. The number of carbonyl (C=O) groups is 2. The highest BCUT2D eigenvalue weighted by molar-refractivity contribution is 5.89. The predicted octanol–water partition coefficient (Wildman–Crippen LogP) is 0.421. The number of aromatic nitrogens is 1. The zero-order chi connectivity index (χ0) is 21.3. The van der Waals surface area contributed by atoms with Gasteiger partial charge >= 0.3 is 0 Å². The quantitative estimate of drug-likeness (QED) is 0.653. The second-order valence-corrected chi connectivity index (χ2v) is 7.30. The molecule has 8 heteroatoms. The van der Waals surface area contributed by atoms with Crippen molar-refractivity contribution in [3.8, 4) is 5.75 Å². The molecule has 1 aromatic carbocycles. The molecule has 1 unspecified atom stereocenters. The Bertz CT molecular complexity index is 828. The van der Waals surface area contributed by atoms with E-state index in [1.807, 2.05) is 36.4 Å². The predicted molar refractivity (Wildman–Crippen MR) is 114 cm³/mol. The van der Waals surface area contributed by atoms with Gasteiger partial charge in [-0.3, -0.25) is 19.5 Å². The van der Waals surface area contributed by atoms with Crippen molar-refractivity contribution in [2.75, 3.05) is 39.8 Å². The lowest BCUT2D eigenvalue weighted by Gasteiger charge is -2.40. The minimum atomic E-state index is -0.544. The van der Waals surface area contributed by atoms with E-state index in [2.05, 4.69) is 15.2 Å². The Hall–Kier alpha value is -2.97. The maximum absolute atomic E-state index is 13.0. The number of amides is 2. The number of nitrogens with two attached hydrogens (primary N) is 1. The summed E-state index contributed by atoms with van der Waals surface area (Å²) < 4.78 is 5.17. The van der Waals surface area contributed by atoms with Crippen LogP contribution < -0.4 is 15.8 Å². The van der Waals surface area contributed by atoms with Gasteiger partial charge < -0.3 is 20.7 Å². The van der Waals surface area contributed by atoms with Gasteiger partial charge in [-0.2, -0.15) is 0 Å². The van der Waals surface area contributed by atoms with Gasteiger partial charge in [-0.15, -0.1) is 0 Å². The highest BCUT2D eigenvalue weighted by Gasteiger charge is 2.35. The maximum atomic E-state index is 13.0. The summed E-state index contributed by atoms with van der Waals surface area (Å²) in [6.07, 6.45) is 3.76. The maximum Gasteiger partial charge on any atom is 0.244 e. The molecular weight excluding hydrogens is 382 g/mol. The third kappa shape index (κ3) is 5.77. The summed E-state index contributed by atoms with van der Waals surface area (Å²) in [5.74, 6) is 0.523. The summed E-state index contributed by atoms with van der Waals surface area (Å²) in [4.78, 5) is 33.8. The molecule has 1 saturated heterocycles. The van der Waals surface area contributed by atoms with Gasteiger partial charge in [0.25, 0.3) is 0 Å². The van der Waals surface area contributed by atoms with Crippen molar-refractivity contribution >= 4 is 11.8 Å². The first kappa shape index (κ1) is 21.7. The Morgan fingerprint density at radius 3 is 2.53 bits per heavy atom. The summed E-state index contributed by atoms with van der Waals surface area (Å²) in [6.45, 7) is 3.15. The smallest absolute Gasteiger partial charge is 0.244 e. The molecule has 1 atom stereocenters. The van der Waals surface area contributed by atoms with Gasteiger partial charge in [-0.1, -0.05) is 12.1 Å². The number of hydrogen-bond acceptors (Lipinski definition) is 6. The number of piperazine rings is 1. The summed E-state index contributed by atoms with van der Waals surface area (Å²) in [5, 5.41) is 2.84. The van der Waals surface area contributed by atoms with E-state index in [1.165, 1.54) is 0 Å². The van der Waals surface area contributed by atoms with Crippen LogP contribution in [-0.4, -0.2) is 72.5 Å². The van der Waals surface area contributed by atoms with Gasteiger partial charge in [0, 0.05) is 51.7 Å². The van der Waals surface area contributed by atoms with Crippen molar-refractivity contribution in [3.05, 3.63) is 59.9 Å². The van der Waals surface area contributed by atoms with E-state index < -0.39 is 6.04 Å². The fraction of sp³-hybridized carbons (Fsp3) is 0.409. The number of nitrogens with zero attached hydrogens (tertiary/aromatic N) is 3. The molecule has 0 bridgehead atoms. The molecule has 30 heavy (non-hydrogen) atoms. The zero-order valence-electron chi connectivity index (χ0n) is 17.3. The van der Waals surface area contributed by atoms with Crippen LogP contribution >= 0.6 is 0 Å². The second-order valence-electron chi connectivity index (χ2n) is 7.30. The molecule has 8 nitrogen and oxygen atoms in total. The van der Waals surface area contributed by atoms with Crippen molar-refractivity contribution in [2.45, 2.75) is 19.0 Å². The highest BCUT2D eigenvalue weighted by atomic mass is 16.5. The van der Waals surface area contributed by atoms with Crippen LogP contribution in [0.2, 0.25) is 0 Å². The Morgan fingerprint density at radius 2 is 1.87 bits per heavy atom. The van der Waals surface area contributed by atoms with E-state index in [0.717, 1.165) is 16.9 Å². The Labute approximate surface area is 177 Å². The van der Waals surface area contributed by atoms with Crippen LogP contribution in [0.1, 0.15) is 11.1 Å². The van der Waals surface area contributed by atoms with E-state index >= 15 is 0 Å². The molecule has 3 N–H and O–H groups in total. The first-order valence-corrected chi connectivity index (χ1v) is 10.1. The Balaban J connectivity index is 1.69. The standard InChI is InChI=1S/C22H29N5O3/c1-30-19-4-2-17(3-5-19)14-21(28)27-13-12-26(15-18-6-9-24-10-7-18)16-20(27)22(29)25-11-8-23/h2-7,9-10,20H,8,11-16,23H2,1H3,(H,25,29). The summed E-state index contributed by atoms with van der Waals surface area (Å²) in [6, 6.07) is 10.8. The topological polar surface area (TPSA) is 101 Å². The number of ether oxygens (including phenoxy) is 1. The zero-order valence-corrected chi connectivity index (χ0v) is 17.3. The van der Waals surface area contributed by atoms with Crippen LogP contribution in [0.3, 0.4) is 0 Å². The molecule has 0 saturated carbocycles. The summed E-state index contributed by atoms with van der Waals surface area (Å²) in [7, 11) is 1.61. The molecule has 2 heterocycles.